The molecule has 0 unspecified atom stereocenters. The third-order valence-electron chi connectivity index (χ3n) is 4.27. The van der Waals surface area contributed by atoms with Gasteiger partial charge >= 0.3 is 0 Å². The molecule has 29 heavy (non-hydrogen) atoms. The van der Waals surface area contributed by atoms with Gasteiger partial charge in [0.1, 0.15) is 11.5 Å². The molecule has 1 aromatic carbocycles. The molecule has 1 amide bonds. The van der Waals surface area contributed by atoms with Crippen LogP contribution in [0.3, 0.4) is 0 Å². The van der Waals surface area contributed by atoms with Gasteiger partial charge in [0.05, 0.1) is 37.1 Å². The second-order valence-electron chi connectivity index (χ2n) is 6.59. The summed E-state index contributed by atoms with van der Waals surface area (Å²) in [6.45, 7) is 1.58. The Hall–Kier alpha value is -2.88. The van der Waals surface area contributed by atoms with Crippen molar-refractivity contribution in [3.05, 3.63) is 78.1 Å². The zero-order valence-electron chi connectivity index (χ0n) is 15.8. The van der Waals surface area contributed by atoms with E-state index in [1.807, 2.05) is 29.2 Å². The molecule has 2 aromatic heterocycles. The highest BCUT2D eigenvalue weighted by Gasteiger charge is 2.14. The summed E-state index contributed by atoms with van der Waals surface area (Å²) in [4.78, 5) is 14.4. The van der Waals surface area contributed by atoms with E-state index in [-0.39, 0.29) is 17.3 Å². The molecular weight excluding hydrogens is 394 g/mol. The van der Waals surface area contributed by atoms with E-state index in [2.05, 4.69) is 5.32 Å². The van der Waals surface area contributed by atoms with Crippen molar-refractivity contribution in [1.29, 1.82) is 0 Å². The number of furan rings is 2. The fraction of sp³-hybridized carbons (Fsp3) is 0.250. The molecule has 0 aliphatic heterocycles. The summed E-state index contributed by atoms with van der Waals surface area (Å²) in [5.41, 5.74) is 0.903. The highest BCUT2D eigenvalue weighted by Crippen LogP contribution is 2.11. The van der Waals surface area contributed by atoms with E-state index in [9.17, 15) is 13.2 Å². The van der Waals surface area contributed by atoms with Crippen LogP contribution in [-0.2, 0) is 34.3 Å². The van der Waals surface area contributed by atoms with Crippen LogP contribution < -0.4 is 10.5 Å². The molecule has 0 spiro atoms. The zero-order valence-corrected chi connectivity index (χ0v) is 16.6. The molecule has 0 saturated carbocycles. The van der Waals surface area contributed by atoms with Crippen LogP contribution in [0.4, 0.5) is 0 Å². The molecule has 3 N–H and O–H groups in total. The third-order valence-corrected chi connectivity index (χ3v) is 5.20. The van der Waals surface area contributed by atoms with Crippen LogP contribution in [-0.4, -0.2) is 32.3 Å². The second-order valence-corrected chi connectivity index (χ2v) is 8.15. The van der Waals surface area contributed by atoms with Crippen molar-refractivity contribution in [2.75, 3.05) is 13.1 Å². The number of nitrogens with two attached hydrogens (primary N) is 1. The zero-order chi connectivity index (χ0) is 20.7. The maximum Gasteiger partial charge on any atom is 0.238 e. The molecule has 0 aliphatic rings. The van der Waals surface area contributed by atoms with Crippen molar-refractivity contribution in [3.63, 3.8) is 0 Å². The molecule has 9 heteroatoms. The number of carbonyl (C=O) groups is 1. The maximum absolute atomic E-state index is 12.4. The summed E-state index contributed by atoms with van der Waals surface area (Å²) in [6, 6.07) is 13.6. The van der Waals surface area contributed by atoms with Crippen LogP contribution in [0.15, 0.2) is 74.8 Å². The topological polar surface area (TPSA) is 119 Å². The Morgan fingerprint density at radius 3 is 2.03 bits per heavy atom. The van der Waals surface area contributed by atoms with Gasteiger partial charge in [0.15, 0.2) is 0 Å². The minimum atomic E-state index is -3.70. The molecule has 154 valence electrons. The lowest BCUT2D eigenvalue weighted by Crippen LogP contribution is -2.37. The first kappa shape index (κ1) is 20.8. The van der Waals surface area contributed by atoms with Crippen LogP contribution in [0.5, 0.6) is 0 Å². The SMILES string of the molecule is NS(=O)(=O)c1ccc(CCNC(=O)CN(Cc2ccco2)Cc2ccco2)cc1. The van der Waals surface area contributed by atoms with Crippen LogP contribution in [0, 0.1) is 0 Å². The van der Waals surface area contributed by atoms with Crippen molar-refractivity contribution in [2.24, 2.45) is 5.14 Å². The number of rotatable bonds is 10. The van der Waals surface area contributed by atoms with E-state index >= 15 is 0 Å². The Bertz CT molecular complexity index is 961. The van der Waals surface area contributed by atoms with Gasteiger partial charge in [-0.1, -0.05) is 12.1 Å². The Morgan fingerprint density at radius 1 is 0.966 bits per heavy atom. The number of hydrogen-bond acceptors (Lipinski definition) is 6. The van der Waals surface area contributed by atoms with Crippen LogP contribution in [0.2, 0.25) is 0 Å². The minimum Gasteiger partial charge on any atom is -0.468 e. The standard InChI is InChI=1S/C20H23N3O5S/c21-29(25,26)19-7-5-16(6-8-19)9-10-22-20(24)15-23(13-17-3-1-11-27-17)14-18-4-2-12-28-18/h1-8,11-12H,9-10,13-15H2,(H,22,24)(H2,21,25,26). The van der Waals surface area contributed by atoms with Crippen molar-refractivity contribution in [2.45, 2.75) is 24.4 Å². The quantitative estimate of drug-likeness (QED) is 0.520. The van der Waals surface area contributed by atoms with Gasteiger partial charge in [0.2, 0.25) is 15.9 Å². The van der Waals surface area contributed by atoms with E-state index in [0.29, 0.717) is 26.1 Å². The van der Waals surface area contributed by atoms with E-state index in [1.165, 1.54) is 12.1 Å². The molecule has 0 radical (unpaired) electrons. The monoisotopic (exact) mass is 417 g/mol. The first-order chi connectivity index (χ1) is 13.9. The number of nitrogens with one attached hydrogen (secondary N) is 1. The predicted octanol–water partition coefficient (Wildman–Crippen LogP) is 1.88. The molecule has 0 fully saturated rings. The first-order valence-corrected chi connectivity index (χ1v) is 10.6. The summed E-state index contributed by atoms with van der Waals surface area (Å²) in [5.74, 6) is 1.41. The number of carbonyl (C=O) groups excluding carboxylic acids is 1. The van der Waals surface area contributed by atoms with E-state index in [1.54, 1.807) is 24.7 Å². The van der Waals surface area contributed by atoms with Gasteiger partial charge < -0.3 is 14.2 Å². The number of benzene rings is 1. The molecule has 0 saturated heterocycles. The fourth-order valence-corrected chi connectivity index (χ4v) is 3.38. The van der Waals surface area contributed by atoms with Gasteiger partial charge in [-0.3, -0.25) is 9.69 Å². The summed E-state index contributed by atoms with van der Waals surface area (Å²) in [5, 5.41) is 7.97. The van der Waals surface area contributed by atoms with Crippen molar-refractivity contribution in [1.82, 2.24) is 10.2 Å². The normalized spacial score (nSPS) is 11.7. The summed E-state index contributed by atoms with van der Waals surface area (Å²) >= 11 is 0. The lowest BCUT2D eigenvalue weighted by Gasteiger charge is -2.19. The maximum atomic E-state index is 12.4. The predicted molar refractivity (Wildman–Crippen MR) is 106 cm³/mol. The van der Waals surface area contributed by atoms with Crippen molar-refractivity contribution in [3.8, 4) is 0 Å². The second kappa shape index (κ2) is 9.55. The summed E-state index contributed by atoms with van der Waals surface area (Å²) < 4.78 is 33.3. The number of nitrogens with zero attached hydrogens (tertiary/aromatic N) is 1. The number of amides is 1. The van der Waals surface area contributed by atoms with Crippen molar-refractivity contribution >= 4 is 15.9 Å². The summed E-state index contributed by atoms with van der Waals surface area (Å²) in [7, 11) is -3.70. The van der Waals surface area contributed by atoms with Gasteiger partial charge in [-0.25, -0.2) is 13.6 Å². The molecular formula is C20H23N3O5S. The average molecular weight is 417 g/mol. The van der Waals surface area contributed by atoms with Gasteiger partial charge in [-0.05, 0) is 48.4 Å². The van der Waals surface area contributed by atoms with Crippen LogP contribution in [0.1, 0.15) is 17.1 Å². The Kier molecular flexibility index (Phi) is 6.86. The highest BCUT2D eigenvalue weighted by molar-refractivity contribution is 7.89. The summed E-state index contributed by atoms with van der Waals surface area (Å²) in [6.07, 6.45) is 3.77. The number of sulfonamides is 1. The van der Waals surface area contributed by atoms with Crippen LogP contribution in [0.25, 0.3) is 0 Å². The van der Waals surface area contributed by atoms with E-state index in [0.717, 1.165) is 17.1 Å². The number of hydrogen-bond donors (Lipinski definition) is 2. The Morgan fingerprint density at radius 2 is 1.55 bits per heavy atom. The van der Waals surface area contributed by atoms with Gasteiger partial charge in [-0.2, -0.15) is 0 Å². The minimum absolute atomic E-state index is 0.0665. The smallest absolute Gasteiger partial charge is 0.238 e. The van der Waals surface area contributed by atoms with Crippen molar-refractivity contribution < 1.29 is 22.0 Å². The molecule has 2 heterocycles. The average Bonchev–Trinajstić information content (AvgIpc) is 3.35. The molecule has 0 aliphatic carbocycles. The Labute approximate surface area is 169 Å². The lowest BCUT2D eigenvalue weighted by molar-refractivity contribution is -0.122. The Balaban J connectivity index is 1.50. The van der Waals surface area contributed by atoms with Gasteiger partial charge in [-0.15, -0.1) is 0 Å². The van der Waals surface area contributed by atoms with E-state index < -0.39 is 10.0 Å². The largest absolute Gasteiger partial charge is 0.468 e. The van der Waals surface area contributed by atoms with E-state index in [4.69, 9.17) is 14.0 Å². The van der Waals surface area contributed by atoms with Gasteiger partial charge in [0, 0.05) is 6.54 Å². The third kappa shape index (κ3) is 6.60. The number of primary sulfonamides is 1. The van der Waals surface area contributed by atoms with Crippen LogP contribution >= 0.6 is 0 Å². The highest BCUT2D eigenvalue weighted by atomic mass is 32.2. The fourth-order valence-electron chi connectivity index (χ4n) is 2.86. The first-order valence-electron chi connectivity index (χ1n) is 9.06. The molecule has 0 atom stereocenters. The molecule has 8 nitrogen and oxygen atoms in total. The van der Waals surface area contributed by atoms with Gasteiger partial charge in [0.25, 0.3) is 0 Å². The molecule has 3 rings (SSSR count). The molecule has 3 aromatic rings. The lowest BCUT2D eigenvalue weighted by atomic mass is 10.1. The molecule has 0 bridgehead atoms.